The summed E-state index contributed by atoms with van der Waals surface area (Å²) in [4.78, 5) is 10.3. The molecule has 0 aliphatic rings. The predicted molar refractivity (Wildman–Crippen MR) is 200 cm³/mol. The minimum absolute atomic E-state index is 0.870. The van der Waals surface area contributed by atoms with Crippen molar-refractivity contribution in [2.24, 2.45) is 0 Å². The van der Waals surface area contributed by atoms with Crippen LogP contribution in [0.3, 0.4) is 0 Å². The molecule has 0 spiro atoms. The van der Waals surface area contributed by atoms with E-state index in [1.54, 1.807) is 0 Å². The van der Waals surface area contributed by atoms with Gasteiger partial charge in [-0.3, -0.25) is 0 Å². The van der Waals surface area contributed by atoms with Gasteiger partial charge in [-0.15, -0.1) is 0 Å². The van der Waals surface area contributed by atoms with Gasteiger partial charge in [0.05, 0.1) is 50.0 Å². The fourth-order valence-corrected chi connectivity index (χ4v) is 7.40. The fourth-order valence-electron chi connectivity index (χ4n) is 7.40. The number of nitrogens with zero attached hydrogens (tertiary/aromatic N) is 4. The summed E-state index contributed by atoms with van der Waals surface area (Å²) in [5.41, 5.74) is 12.5. The van der Waals surface area contributed by atoms with Gasteiger partial charge in [0.15, 0.2) is 0 Å². The maximum absolute atomic E-state index is 5.15. The van der Waals surface area contributed by atoms with E-state index in [0.717, 1.165) is 55.8 Å². The van der Waals surface area contributed by atoms with E-state index in [-0.39, 0.29) is 0 Å². The summed E-state index contributed by atoms with van der Waals surface area (Å²) in [6.07, 6.45) is 0. The van der Waals surface area contributed by atoms with Gasteiger partial charge in [0.25, 0.3) is 0 Å². The monoisotopic (exact) mass is 612 g/mol. The molecule has 0 saturated carbocycles. The van der Waals surface area contributed by atoms with Crippen LogP contribution in [-0.2, 0) is 0 Å². The molecule has 0 radical (unpaired) electrons. The molecule has 48 heavy (non-hydrogen) atoms. The normalized spacial score (nSPS) is 11.8. The van der Waals surface area contributed by atoms with E-state index in [4.69, 9.17) is 9.97 Å². The lowest BCUT2D eigenvalue weighted by molar-refractivity contribution is 1.16. The van der Waals surface area contributed by atoms with Crippen molar-refractivity contribution >= 4 is 60.2 Å². The van der Waals surface area contributed by atoms with Crippen LogP contribution < -0.4 is 0 Å². The van der Waals surface area contributed by atoms with Crippen molar-refractivity contribution in [3.05, 3.63) is 170 Å². The van der Waals surface area contributed by atoms with Crippen molar-refractivity contribution in [2.45, 2.75) is 0 Å². The Morgan fingerprint density at radius 2 is 0.812 bits per heavy atom. The molecule has 0 aliphatic carbocycles. The van der Waals surface area contributed by atoms with Crippen molar-refractivity contribution in [3.63, 3.8) is 0 Å². The maximum atomic E-state index is 5.15. The lowest BCUT2D eigenvalue weighted by Crippen LogP contribution is -2.01. The van der Waals surface area contributed by atoms with E-state index in [0.29, 0.717) is 0 Å². The van der Waals surface area contributed by atoms with E-state index >= 15 is 0 Å². The Morgan fingerprint density at radius 1 is 0.333 bits per heavy atom. The first-order chi connectivity index (χ1) is 23.8. The van der Waals surface area contributed by atoms with Crippen LogP contribution >= 0.6 is 0 Å². The van der Waals surface area contributed by atoms with E-state index in [9.17, 15) is 0 Å². The summed E-state index contributed by atoms with van der Waals surface area (Å²) in [6.45, 7) is 0. The summed E-state index contributed by atoms with van der Waals surface area (Å²) in [5.74, 6) is 0. The highest BCUT2D eigenvalue weighted by atomic mass is 15.0. The molecule has 4 heteroatoms. The molecule has 0 aliphatic heterocycles. The minimum atomic E-state index is 0.870. The number of fused-ring (bicyclic) bond motifs is 8. The highest BCUT2D eigenvalue weighted by Gasteiger charge is 2.17. The Balaban J connectivity index is 1.29. The first-order valence-corrected chi connectivity index (χ1v) is 16.3. The zero-order valence-electron chi connectivity index (χ0n) is 26.0. The SMILES string of the molecule is c1ccc(-c2nc3ccccc3nc2-c2ccc(-n3c4ccccc4c4cccc5c6ccccc6n(c6ccccc63)c45)cc2)cc1. The Kier molecular flexibility index (Phi) is 5.84. The second kappa shape index (κ2) is 10.5. The number of benzene rings is 7. The number of hydrogen-bond donors (Lipinski definition) is 0. The van der Waals surface area contributed by atoms with Gasteiger partial charge in [-0.2, -0.15) is 0 Å². The third-order valence-corrected chi connectivity index (χ3v) is 9.51. The summed E-state index contributed by atoms with van der Waals surface area (Å²) < 4.78 is 4.85. The van der Waals surface area contributed by atoms with E-state index in [1.807, 2.05) is 30.3 Å². The topological polar surface area (TPSA) is 35.1 Å². The number of para-hydroxylation sites is 7. The summed E-state index contributed by atoms with van der Waals surface area (Å²) in [6, 6.07) is 60.2. The summed E-state index contributed by atoms with van der Waals surface area (Å²) in [7, 11) is 0. The average Bonchev–Trinajstić information content (AvgIpc) is 3.49. The quantitative estimate of drug-likeness (QED) is 0.199. The third-order valence-electron chi connectivity index (χ3n) is 9.51. The molecule has 224 valence electrons. The van der Waals surface area contributed by atoms with Crippen LogP contribution in [-0.4, -0.2) is 18.9 Å². The first-order valence-electron chi connectivity index (χ1n) is 16.3. The van der Waals surface area contributed by atoms with Crippen LogP contribution in [0.4, 0.5) is 0 Å². The molecule has 7 aromatic carbocycles. The minimum Gasteiger partial charge on any atom is -0.308 e. The van der Waals surface area contributed by atoms with E-state index < -0.39 is 0 Å². The number of rotatable bonds is 3. The highest BCUT2D eigenvalue weighted by Crippen LogP contribution is 2.38. The number of hydrogen-bond acceptors (Lipinski definition) is 2. The largest absolute Gasteiger partial charge is 0.308 e. The van der Waals surface area contributed by atoms with Crippen LogP contribution in [0.1, 0.15) is 0 Å². The molecule has 10 aromatic rings. The molecular formula is C44H28N4. The smallest absolute Gasteiger partial charge is 0.0973 e. The van der Waals surface area contributed by atoms with E-state index in [2.05, 4.69) is 148 Å². The molecule has 3 aromatic heterocycles. The number of aromatic nitrogens is 4. The molecule has 0 bridgehead atoms. The lowest BCUT2D eigenvalue weighted by Gasteiger charge is -2.17. The van der Waals surface area contributed by atoms with Crippen molar-refractivity contribution in [1.29, 1.82) is 0 Å². The molecule has 3 heterocycles. The standard InChI is InChI=1S/C44H28N4/c1-2-13-29(14-3-1)42-43(46-37-20-7-6-19-36(37)45-42)30-25-27-31(28-26-30)47-38-21-8-4-15-32(38)34-17-12-18-35-33-16-5-9-22-39(33)48(44(34)35)41-24-11-10-23-40(41)47/h1-28H. The van der Waals surface area contributed by atoms with Gasteiger partial charge in [0, 0.05) is 38.4 Å². The van der Waals surface area contributed by atoms with Crippen LogP contribution in [0.15, 0.2) is 170 Å². The Hall–Kier alpha value is -6.52. The second-order valence-corrected chi connectivity index (χ2v) is 12.2. The van der Waals surface area contributed by atoms with Gasteiger partial charge in [0.2, 0.25) is 0 Å². The molecular weight excluding hydrogens is 585 g/mol. The zero-order chi connectivity index (χ0) is 31.6. The van der Waals surface area contributed by atoms with Gasteiger partial charge in [0.1, 0.15) is 0 Å². The van der Waals surface area contributed by atoms with Gasteiger partial charge in [-0.25, -0.2) is 9.97 Å². The van der Waals surface area contributed by atoms with Crippen molar-refractivity contribution in [3.8, 4) is 28.2 Å². The van der Waals surface area contributed by atoms with Crippen LogP contribution in [0.25, 0.3) is 88.4 Å². The van der Waals surface area contributed by atoms with Gasteiger partial charge in [-0.05, 0) is 48.5 Å². The van der Waals surface area contributed by atoms with Gasteiger partial charge < -0.3 is 8.97 Å². The van der Waals surface area contributed by atoms with E-state index in [1.165, 1.54) is 32.6 Å². The predicted octanol–water partition coefficient (Wildman–Crippen LogP) is 11.2. The highest BCUT2D eigenvalue weighted by molar-refractivity contribution is 6.20. The summed E-state index contributed by atoms with van der Waals surface area (Å²) >= 11 is 0. The molecule has 0 N–H and O–H groups in total. The van der Waals surface area contributed by atoms with Crippen molar-refractivity contribution in [2.75, 3.05) is 0 Å². The molecule has 0 fully saturated rings. The Labute approximate surface area is 276 Å². The van der Waals surface area contributed by atoms with Gasteiger partial charge >= 0.3 is 0 Å². The second-order valence-electron chi connectivity index (χ2n) is 12.2. The van der Waals surface area contributed by atoms with Crippen molar-refractivity contribution in [1.82, 2.24) is 18.9 Å². The third kappa shape index (κ3) is 3.96. The average molecular weight is 613 g/mol. The van der Waals surface area contributed by atoms with Crippen LogP contribution in [0.2, 0.25) is 0 Å². The molecule has 0 saturated heterocycles. The van der Waals surface area contributed by atoms with Crippen molar-refractivity contribution < 1.29 is 0 Å². The van der Waals surface area contributed by atoms with Crippen LogP contribution in [0, 0.1) is 0 Å². The van der Waals surface area contributed by atoms with Crippen LogP contribution in [0.5, 0.6) is 0 Å². The zero-order valence-corrected chi connectivity index (χ0v) is 26.0. The molecule has 0 unspecified atom stereocenters. The molecule has 4 nitrogen and oxygen atoms in total. The summed E-state index contributed by atoms with van der Waals surface area (Å²) in [5, 5.41) is 4.92. The Bertz CT molecular complexity index is 2880. The lowest BCUT2D eigenvalue weighted by atomic mass is 10.0. The first kappa shape index (κ1) is 26.7. The maximum Gasteiger partial charge on any atom is 0.0973 e. The molecule has 0 amide bonds. The molecule has 0 atom stereocenters. The fraction of sp³-hybridized carbons (Fsp3) is 0. The molecule has 10 rings (SSSR count). The Morgan fingerprint density at radius 3 is 1.48 bits per heavy atom. The van der Waals surface area contributed by atoms with Gasteiger partial charge in [-0.1, -0.05) is 121 Å².